The highest BCUT2D eigenvalue weighted by Crippen LogP contribution is 2.39. The van der Waals surface area contributed by atoms with Gasteiger partial charge in [-0.15, -0.1) is 0 Å². The fourth-order valence-electron chi connectivity index (χ4n) is 5.33. The van der Waals surface area contributed by atoms with Crippen LogP contribution in [0.4, 0.5) is 16.3 Å². The molecule has 4 heterocycles. The number of nitrogens with zero attached hydrogens (tertiary/aromatic N) is 5. The molecule has 1 aromatic carbocycles. The number of carbonyl (C=O) groups excluding carboxylic acids is 1. The maximum atomic E-state index is 12.4. The molecule has 2 aliphatic rings. The summed E-state index contributed by atoms with van der Waals surface area (Å²) in [5, 5.41) is 48.2. The van der Waals surface area contributed by atoms with Gasteiger partial charge in [-0.3, -0.25) is 9.47 Å². The number of aliphatic carboxylic acids is 2. The van der Waals surface area contributed by atoms with Crippen molar-refractivity contribution >= 4 is 52.2 Å². The molecule has 5 rings (SSSR count). The predicted octanol–water partition coefficient (Wildman–Crippen LogP) is 1.40. The summed E-state index contributed by atoms with van der Waals surface area (Å²) in [6.07, 6.45) is -2.76. The lowest BCUT2D eigenvalue weighted by Crippen LogP contribution is -2.54. The first kappa shape index (κ1) is 32.3. The lowest BCUT2D eigenvalue weighted by molar-refractivity contribution is -0.192. The van der Waals surface area contributed by atoms with Gasteiger partial charge in [0, 0.05) is 31.2 Å². The van der Waals surface area contributed by atoms with E-state index >= 15 is 0 Å². The van der Waals surface area contributed by atoms with Crippen LogP contribution in [-0.4, -0.2) is 107 Å². The van der Waals surface area contributed by atoms with Crippen LogP contribution in [0.25, 0.3) is 11.2 Å². The minimum Gasteiger partial charge on any atom is -0.479 e. The molecular formula is C28H34ClN7O9. The number of aliphatic hydroxyl groups is 2. The second-order valence-corrected chi connectivity index (χ2v) is 11.8. The van der Waals surface area contributed by atoms with Gasteiger partial charge in [0.15, 0.2) is 23.2 Å². The number of carboxylic acids is 2. The first-order valence-electron chi connectivity index (χ1n) is 14.2. The molecule has 45 heavy (non-hydrogen) atoms. The van der Waals surface area contributed by atoms with E-state index in [4.69, 9.17) is 21.1 Å². The van der Waals surface area contributed by atoms with Crippen LogP contribution in [0.3, 0.4) is 0 Å². The third-order valence-electron chi connectivity index (χ3n) is 7.87. The van der Waals surface area contributed by atoms with E-state index in [2.05, 4.69) is 25.6 Å². The topological polar surface area (TPSA) is 221 Å². The molecule has 17 heteroatoms. The van der Waals surface area contributed by atoms with Gasteiger partial charge in [-0.05, 0) is 56.5 Å². The lowest BCUT2D eigenvalue weighted by atomic mass is 9.92. The smallest absolute Gasteiger partial charge is 0.348 e. The van der Waals surface area contributed by atoms with E-state index in [1.807, 2.05) is 13.8 Å². The number of carboxylic acid groups (broad SMARTS) is 2. The molecule has 6 N–H and O–H groups in total. The van der Waals surface area contributed by atoms with Crippen LogP contribution in [0.5, 0.6) is 0 Å². The van der Waals surface area contributed by atoms with Crippen molar-refractivity contribution in [3.63, 3.8) is 0 Å². The van der Waals surface area contributed by atoms with Gasteiger partial charge >= 0.3 is 18.0 Å². The molecule has 4 atom stereocenters. The van der Waals surface area contributed by atoms with Crippen LogP contribution in [0.15, 0.2) is 30.6 Å². The number of halogens is 1. The van der Waals surface area contributed by atoms with E-state index in [0.29, 0.717) is 35.7 Å². The number of anilines is 2. The van der Waals surface area contributed by atoms with Gasteiger partial charge in [0.25, 0.3) is 5.60 Å². The Morgan fingerprint density at radius 1 is 1.24 bits per heavy atom. The molecule has 16 nitrogen and oxygen atoms in total. The minimum absolute atomic E-state index is 0.0160. The van der Waals surface area contributed by atoms with Crippen molar-refractivity contribution in [3.05, 3.63) is 41.4 Å². The lowest BCUT2D eigenvalue weighted by Gasteiger charge is -2.31. The maximum Gasteiger partial charge on any atom is 0.348 e. The molecule has 2 aliphatic heterocycles. The monoisotopic (exact) mass is 647 g/mol. The number of aliphatic hydroxyl groups excluding tert-OH is 1. The molecule has 0 aliphatic carbocycles. The van der Waals surface area contributed by atoms with Crippen LogP contribution >= 0.6 is 11.6 Å². The van der Waals surface area contributed by atoms with E-state index in [9.17, 15) is 34.8 Å². The van der Waals surface area contributed by atoms with Gasteiger partial charge in [0.1, 0.15) is 17.8 Å². The largest absolute Gasteiger partial charge is 0.479 e. The van der Waals surface area contributed by atoms with Gasteiger partial charge in [0.2, 0.25) is 5.28 Å². The molecule has 2 fully saturated rings. The fourth-order valence-corrected chi connectivity index (χ4v) is 5.49. The number of imidazole rings is 1. The van der Waals surface area contributed by atoms with E-state index in [1.165, 1.54) is 34.9 Å². The Kier molecular flexibility index (Phi) is 8.88. The molecule has 0 saturated carbocycles. The number of aromatic nitrogens is 4. The van der Waals surface area contributed by atoms with E-state index < -0.39 is 54.6 Å². The molecule has 0 bridgehead atoms. The summed E-state index contributed by atoms with van der Waals surface area (Å²) in [4.78, 5) is 51.2. The highest BCUT2D eigenvalue weighted by molar-refractivity contribution is 6.28. The van der Waals surface area contributed by atoms with Gasteiger partial charge in [0.05, 0.1) is 12.9 Å². The third-order valence-corrected chi connectivity index (χ3v) is 8.04. The van der Waals surface area contributed by atoms with Gasteiger partial charge in [-0.25, -0.2) is 19.4 Å². The standard InChI is InChI=1S/C28H34ClN7O9/c1-14(2)32-20-18-21(34-25(29)33-20)36(13-31-18)22-19(37)27(3,43)17(45-22)12-44-28(23(38)39,24(40)41)11-15-5-7-16(8-6-15)35-10-4-9-30-26(35)42/h5-8,13-14,17,19,22,37,43H,4,9-12H2,1-3H3,(H,30,42)(H,38,39)(H,40,41)(H,32,33,34)/t17-,19+,22-,27-/m1/s1. The van der Waals surface area contributed by atoms with Crippen LogP contribution < -0.4 is 15.5 Å². The Bertz CT molecular complexity index is 1580. The summed E-state index contributed by atoms with van der Waals surface area (Å²) in [6.45, 7) is 5.40. The number of fused-ring (bicyclic) bond motifs is 1. The summed E-state index contributed by atoms with van der Waals surface area (Å²) in [6, 6.07) is 5.93. The second kappa shape index (κ2) is 12.4. The Morgan fingerprint density at radius 3 is 2.56 bits per heavy atom. The SMILES string of the molecule is CC(C)Nc1nc(Cl)nc2c1ncn2[C@@H]1O[C@H](COC(Cc2ccc(N3CCCNC3=O)cc2)(C(=O)O)C(=O)O)[C@@](C)(O)[C@H]1O. The predicted molar refractivity (Wildman–Crippen MR) is 159 cm³/mol. The normalized spacial score (nSPS) is 23.8. The van der Waals surface area contributed by atoms with Crippen molar-refractivity contribution in [1.29, 1.82) is 0 Å². The van der Waals surface area contributed by atoms with Crippen LogP contribution in [0.2, 0.25) is 5.28 Å². The van der Waals surface area contributed by atoms with Crippen molar-refractivity contribution in [2.45, 2.75) is 69.3 Å². The average Bonchev–Trinajstić information content (AvgIpc) is 3.48. The van der Waals surface area contributed by atoms with E-state index in [0.717, 1.165) is 6.42 Å². The number of amides is 2. The molecule has 2 aromatic heterocycles. The second-order valence-electron chi connectivity index (χ2n) is 11.5. The van der Waals surface area contributed by atoms with Gasteiger partial charge < -0.3 is 40.5 Å². The Balaban J connectivity index is 1.37. The minimum atomic E-state index is -2.77. The molecular weight excluding hydrogens is 614 g/mol. The molecule has 0 unspecified atom stereocenters. The Morgan fingerprint density at radius 2 is 1.93 bits per heavy atom. The van der Waals surface area contributed by atoms with Crippen molar-refractivity contribution in [2.75, 3.05) is 29.9 Å². The Hall–Kier alpha value is -4.09. The number of rotatable bonds is 11. The number of carbonyl (C=O) groups is 3. The molecule has 242 valence electrons. The Labute approximate surface area is 261 Å². The van der Waals surface area contributed by atoms with Crippen LogP contribution in [0, 0.1) is 0 Å². The summed E-state index contributed by atoms with van der Waals surface area (Å²) < 4.78 is 12.9. The number of urea groups is 1. The van der Waals surface area contributed by atoms with Gasteiger partial charge in [-0.1, -0.05) is 12.1 Å². The van der Waals surface area contributed by atoms with Crippen molar-refractivity contribution in [3.8, 4) is 0 Å². The third kappa shape index (κ3) is 6.11. The highest BCUT2D eigenvalue weighted by atomic mass is 35.5. The molecule has 0 spiro atoms. The molecule has 2 saturated heterocycles. The first-order chi connectivity index (χ1) is 21.2. The van der Waals surface area contributed by atoms with Crippen molar-refractivity contribution < 1.29 is 44.3 Å². The van der Waals surface area contributed by atoms with Crippen LogP contribution in [-0.2, 0) is 25.5 Å². The first-order valence-corrected chi connectivity index (χ1v) is 14.6. The zero-order chi connectivity index (χ0) is 32.7. The number of hydrogen-bond acceptors (Lipinski definition) is 11. The van der Waals surface area contributed by atoms with Crippen molar-refractivity contribution in [2.24, 2.45) is 0 Å². The van der Waals surface area contributed by atoms with Crippen LogP contribution in [0.1, 0.15) is 39.0 Å². The zero-order valence-electron chi connectivity index (χ0n) is 24.7. The summed E-state index contributed by atoms with van der Waals surface area (Å²) in [5.41, 5.74) is -3.40. The average molecular weight is 648 g/mol. The summed E-state index contributed by atoms with van der Waals surface area (Å²) >= 11 is 6.14. The number of hydrogen-bond donors (Lipinski definition) is 6. The molecule has 0 radical (unpaired) electrons. The summed E-state index contributed by atoms with van der Waals surface area (Å²) in [5.74, 6) is -3.21. The quantitative estimate of drug-likeness (QED) is 0.128. The van der Waals surface area contributed by atoms with Crippen molar-refractivity contribution in [1.82, 2.24) is 24.8 Å². The summed E-state index contributed by atoms with van der Waals surface area (Å²) in [7, 11) is 0. The number of ether oxygens (including phenoxy) is 2. The zero-order valence-corrected chi connectivity index (χ0v) is 25.4. The number of benzene rings is 1. The maximum absolute atomic E-state index is 12.4. The molecule has 3 aromatic rings. The van der Waals surface area contributed by atoms with Gasteiger partial charge in [-0.2, -0.15) is 9.97 Å². The van der Waals surface area contributed by atoms with E-state index in [-0.39, 0.29) is 23.0 Å². The van der Waals surface area contributed by atoms with E-state index in [1.54, 1.807) is 12.1 Å². The number of nitrogens with one attached hydrogen (secondary N) is 2. The highest BCUT2D eigenvalue weighted by Gasteiger charge is 2.56. The fraction of sp³-hybridized carbons (Fsp3) is 0.500. The molecule has 2 amide bonds.